The molecule has 0 fully saturated rings. The molecule has 32 heavy (non-hydrogen) atoms. The lowest BCUT2D eigenvalue weighted by Gasteiger charge is -2.18. The molecule has 3 heterocycles. The van der Waals surface area contributed by atoms with E-state index >= 15 is 0 Å². The summed E-state index contributed by atoms with van der Waals surface area (Å²) in [5, 5.41) is 9.24. The average molecular weight is 481 g/mol. The molecule has 1 aliphatic rings. The molecule has 4 rings (SSSR count). The highest BCUT2D eigenvalue weighted by Crippen LogP contribution is 2.22. The van der Waals surface area contributed by atoms with Gasteiger partial charge in [-0.15, -0.1) is 12.4 Å². The molecule has 0 saturated heterocycles. The minimum absolute atomic E-state index is 0. The van der Waals surface area contributed by atoms with Crippen LogP contribution in [0.1, 0.15) is 16.8 Å². The Hall–Kier alpha value is -3.09. The van der Waals surface area contributed by atoms with Gasteiger partial charge in [-0.2, -0.15) is 4.98 Å². The van der Waals surface area contributed by atoms with Crippen LogP contribution in [0.25, 0.3) is 0 Å². The van der Waals surface area contributed by atoms with Crippen molar-refractivity contribution in [1.82, 2.24) is 25.3 Å². The highest BCUT2D eigenvalue weighted by atomic mass is 35.5. The summed E-state index contributed by atoms with van der Waals surface area (Å²) in [6.45, 7) is 1.77. The Morgan fingerprint density at radius 1 is 1.12 bits per heavy atom. The quantitative estimate of drug-likeness (QED) is 0.401. The number of nitrogens with one attached hydrogen (secondary N) is 4. The zero-order valence-corrected chi connectivity index (χ0v) is 18.7. The van der Waals surface area contributed by atoms with Crippen LogP contribution in [-0.2, 0) is 29.5 Å². The smallest absolute Gasteiger partial charge is 0.231 e. The topological polar surface area (TPSA) is 134 Å². The summed E-state index contributed by atoms with van der Waals surface area (Å²) >= 11 is 0. The molecular weight excluding hydrogens is 459 g/mol. The predicted octanol–water partition coefficient (Wildman–Crippen LogP) is 2.20. The Labute approximate surface area is 191 Å². The fourth-order valence-electron chi connectivity index (χ4n) is 3.16. The van der Waals surface area contributed by atoms with Crippen molar-refractivity contribution in [2.24, 2.45) is 0 Å². The molecule has 0 atom stereocenters. The highest BCUT2D eigenvalue weighted by molar-refractivity contribution is 7.92. The zero-order chi connectivity index (χ0) is 21.8. The van der Waals surface area contributed by atoms with Crippen LogP contribution in [0, 0.1) is 5.82 Å². The molecule has 0 saturated carbocycles. The number of aromatic nitrogens is 4. The molecule has 0 aliphatic carbocycles. The maximum absolute atomic E-state index is 14.2. The molecule has 4 N–H and O–H groups in total. The summed E-state index contributed by atoms with van der Waals surface area (Å²) in [6.07, 6.45) is 5.78. The first-order chi connectivity index (χ1) is 14.9. The number of rotatable bonds is 7. The number of anilines is 4. The third-order valence-corrected chi connectivity index (χ3v) is 5.14. The van der Waals surface area contributed by atoms with E-state index in [1.54, 1.807) is 0 Å². The van der Waals surface area contributed by atoms with Crippen LogP contribution < -0.4 is 20.7 Å². The van der Waals surface area contributed by atoms with Crippen LogP contribution in [0.3, 0.4) is 0 Å². The van der Waals surface area contributed by atoms with Gasteiger partial charge in [0, 0.05) is 24.6 Å². The van der Waals surface area contributed by atoms with Gasteiger partial charge >= 0.3 is 0 Å². The first kappa shape index (κ1) is 23.6. The van der Waals surface area contributed by atoms with E-state index in [4.69, 9.17) is 0 Å². The molecule has 0 spiro atoms. The Morgan fingerprint density at radius 2 is 1.94 bits per heavy atom. The van der Waals surface area contributed by atoms with Crippen LogP contribution in [-0.4, -0.2) is 41.2 Å². The van der Waals surface area contributed by atoms with Crippen molar-refractivity contribution in [3.8, 4) is 0 Å². The molecule has 2 aromatic heterocycles. The van der Waals surface area contributed by atoms with Gasteiger partial charge in [0.25, 0.3) is 0 Å². The van der Waals surface area contributed by atoms with Crippen molar-refractivity contribution >= 4 is 45.7 Å². The number of nitrogens with zero attached hydrogens (tertiary/aromatic N) is 4. The van der Waals surface area contributed by atoms with E-state index in [-0.39, 0.29) is 36.5 Å². The summed E-state index contributed by atoms with van der Waals surface area (Å²) in [5.41, 5.74) is 3.61. The van der Waals surface area contributed by atoms with Crippen molar-refractivity contribution in [3.63, 3.8) is 0 Å². The predicted molar refractivity (Wildman–Crippen MR) is 122 cm³/mol. The third kappa shape index (κ3) is 5.99. The Balaban J connectivity index is 0.00000289. The van der Waals surface area contributed by atoms with Crippen LogP contribution in [0.5, 0.6) is 0 Å². The summed E-state index contributed by atoms with van der Waals surface area (Å²) in [7, 11) is -3.53. The number of fused-ring (bicyclic) bond motifs is 1. The van der Waals surface area contributed by atoms with Crippen LogP contribution in [0.15, 0.2) is 36.8 Å². The fourth-order valence-corrected chi connectivity index (χ4v) is 3.68. The molecule has 13 heteroatoms. The molecule has 1 aromatic carbocycles. The van der Waals surface area contributed by atoms with E-state index in [0.717, 1.165) is 37.7 Å². The number of hydrogen-bond acceptors (Lipinski definition) is 9. The van der Waals surface area contributed by atoms with Crippen molar-refractivity contribution < 1.29 is 12.8 Å². The average Bonchev–Trinajstić information content (AvgIpc) is 2.74. The van der Waals surface area contributed by atoms with E-state index in [1.807, 2.05) is 18.2 Å². The van der Waals surface area contributed by atoms with Gasteiger partial charge in [-0.25, -0.2) is 22.8 Å². The van der Waals surface area contributed by atoms with Gasteiger partial charge in [0.05, 0.1) is 19.0 Å². The van der Waals surface area contributed by atoms with E-state index in [0.29, 0.717) is 5.69 Å². The number of sulfonamides is 1. The summed E-state index contributed by atoms with van der Waals surface area (Å²) in [5.74, 6) is -0.403. The molecule has 0 unspecified atom stereocenters. The Bertz CT molecular complexity index is 1210. The summed E-state index contributed by atoms with van der Waals surface area (Å²) < 4.78 is 39.5. The lowest BCUT2D eigenvalue weighted by molar-refractivity contribution is 0.606. The largest absolute Gasteiger partial charge is 0.362 e. The van der Waals surface area contributed by atoms with E-state index in [9.17, 15) is 12.8 Å². The second-order valence-electron chi connectivity index (χ2n) is 7.00. The summed E-state index contributed by atoms with van der Waals surface area (Å²) in [4.78, 5) is 16.3. The van der Waals surface area contributed by atoms with Gasteiger partial charge in [0.15, 0.2) is 17.5 Å². The normalized spacial score (nSPS) is 12.9. The van der Waals surface area contributed by atoms with Gasteiger partial charge in [-0.05, 0) is 36.2 Å². The van der Waals surface area contributed by atoms with Crippen LogP contribution >= 0.6 is 12.4 Å². The number of benzene rings is 1. The second-order valence-corrected chi connectivity index (χ2v) is 8.75. The van der Waals surface area contributed by atoms with Gasteiger partial charge in [-0.1, -0.05) is 6.07 Å². The Morgan fingerprint density at radius 3 is 2.75 bits per heavy atom. The van der Waals surface area contributed by atoms with Crippen molar-refractivity contribution in [2.75, 3.05) is 28.2 Å². The first-order valence-corrected chi connectivity index (χ1v) is 11.4. The van der Waals surface area contributed by atoms with E-state index in [1.165, 1.54) is 23.5 Å². The molecule has 10 nitrogen and oxygen atoms in total. The molecule has 1 aliphatic heterocycles. The van der Waals surface area contributed by atoms with Crippen molar-refractivity contribution in [1.29, 1.82) is 0 Å². The minimum Gasteiger partial charge on any atom is -0.362 e. The van der Waals surface area contributed by atoms with E-state index < -0.39 is 15.8 Å². The van der Waals surface area contributed by atoms with Crippen molar-refractivity contribution in [2.45, 2.75) is 19.5 Å². The maximum atomic E-state index is 14.2. The monoisotopic (exact) mass is 480 g/mol. The number of halogens is 2. The van der Waals surface area contributed by atoms with Crippen molar-refractivity contribution in [3.05, 3.63) is 59.4 Å². The first-order valence-electron chi connectivity index (χ1n) is 9.51. The van der Waals surface area contributed by atoms with Gasteiger partial charge in [-0.3, -0.25) is 9.71 Å². The standard InChI is InChI=1S/C19H21FN8O2S.ClH/c1-31(29,30)28-18-16(22-6-7-23-18)11-24-17-15(20)10-25-19(27-17)26-14-3-2-13-9-21-5-4-12(13)8-14;/h2-3,6-8,10,21H,4-5,9,11H2,1H3,(H,23,28)(H2,24,25,26,27);1H. The van der Waals surface area contributed by atoms with Gasteiger partial charge in [0.2, 0.25) is 16.0 Å². The molecule has 0 amide bonds. The SMILES string of the molecule is CS(=O)(=O)Nc1nccnc1CNc1nc(Nc2ccc3c(c2)CCNC3)ncc1F.Cl. The molecule has 170 valence electrons. The lowest BCUT2D eigenvalue weighted by Crippen LogP contribution is -2.23. The minimum atomic E-state index is -3.53. The third-order valence-electron chi connectivity index (χ3n) is 4.57. The fraction of sp³-hybridized carbons (Fsp3) is 0.263. The zero-order valence-electron chi connectivity index (χ0n) is 17.1. The van der Waals surface area contributed by atoms with Crippen LogP contribution in [0.4, 0.5) is 27.7 Å². The molecular formula is C19H22ClFN8O2S. The second kappa shape index (κ2) is 10.0. The molecule has 0 radical (unpaired) electrons. The van der Waals surface area contributed by atoms with Gasteiger partial charge < -0.3 is 16.0 Å². The van der Waals surface area contributed by atoms with Gasteiger partial charge in [0.1, 0.15) is 5.69 Å². The molecule has 0 bridgehead atoms. The highest BCUT2D eigenvalue weighted by Gasteiger charge is 2.13. The van der Waals surface area contributed by atoms with Crippen LogP contribution in [0.2, 0.25) is 0 Å². The maximum Gasteiger partial charge on any atom is 0.231 e. The Kier molecular flexibility index (Phi) is 7.38. The van der Waals surface area contributed by atoms with E-state index in [2.05, 4.69) is 40.6 Å². The molecule has 3 aromatic rings. The lowest BCUT2D eigenvalue weighted by atomic mass is 10.0. The number of hydrogen-bond donors (Lipinski definition) is 4. The summed E-state index contributed by atoms with van der Waals surface area (Å²) in [6, 6.07) is 6.00.